The van der Waals surface area contributed by atoms with E-state index in [1.165, 1.54) is 6.33 Å². The van der Waals surface area contributed by atoms with Gasteiger partial charge in [0.25, 0.3) is 0 Å². The third-order valence-corrected chi connectivity index (χ3v) is 1.80. The fourth-order valence-electron chi connectivity index (χ4n) is 1.09. The second-order valence-corrected chi connectivity index (χ2v) is 3.80. The second-order valence-electron chi connectivity index (χ2n) is 3.80. The zero-order valence-electron chi connectivity index (χ0n) is 9.40. The van der Waals surface area contributed by atoms with E-state index < -0.39 is 0 Å². The van der Waals surface area contributed by atoms with Crippen molar-refractivity contribution in [1.82, 2.24) is 15.5 Å². The number of aromatic nitrogens is 2. The molecule has 0 amide bonds. The summed E-state index contributed by atoms with van der Waals surface area (Å²) in [5, 5.41) is 6.78. The van der Waals surface area contributed by atoms with Gasteiger partial charge in [0.2, 0.25) is 5.89 Å². The molecule has 0 spiro atoms. The van der Waals surface area contributed by atoms with Gasteiger partial charge in [-0.05, 0) is 5.92 Å². The molecule has 15 heavy (non-hydrogen) atoms. The predicted molar refractivity (Wildman–Crippen MR) is 56.5 cm³/mol. The maximum absolute atomic E-state index is 5.42. The van der Waals surface area contributed by atoms with E-state index >= 15 is 0 Å². The Bertz CT molecular complexity index is 237. The first-order chi connectivity index (χ1) is 7.29. The molecular formula is C10H19N3O2. The molecule has 0 bridgehead atoms. The molecule has 0 fully saturated rings. The molecule has 86 valence electrons. The molecule has 5 heteroatoms. The lowest BCUT2D eigenvalue weighted by atomic mass is 10.2. The molecule has 0 radical (unpaired) electrons. The van der Waals surface area contributed by atoms with Gasteiger partial charge in [-0.15, -0.1) is 0 Å². The quantitative estimate of drug-likeness (QED) is 0.649. The van der Waals surface area contributed by atoms with E-state index in [0.29, 0.717) is 11.8 Å². The summed E-state index contributed by atoms with van der Waals surface area (Å²) in [6.07, 6.45) is 2.19. The summed E-state index contributed by atoms with van der Waals surface area (Å²) in [4.78, 5) is 3.92. The van der Waals surface area contributed by atoms with Crippen molar-refractivity contribution in [1.29, 1.82) is 0 Å². The van der Waals surface area contributed by atoms with Gasteiger partial charge in [-0.25, -0.2) is 0 Å². The van der Waals surface area contributed by atoms with Gasteiger partial charge in [-0.1, -0.05) is 19.0 Å². The predicted octanol–water partition coefficient (Wildman–Crippen LogP) is 0.874. The number of ether oxygens (including phenoxy) is 1. The fourth-order valence-corrected chi connectivity index (χ4v) is 1.09. The highest BCUT2D eigenvalue weighted by Crippen LogP contribution is 1.92. The van der Waals surface area contributed by atoms with Crippen molar-refractivity contribution in [2.24, 2.45) is 5.92 Å². The lowest BCUT2D eigenvalue weighted by Gasteiger charge is -2.06. The minimum atomic E-state index is 0.600. The summed E-state index contributed by atoms with van der Waals surface area (Å²) in [5.74, 6) is 1.27. The van der Waals surface area contributed by atoms with Crippen LogP contribution in [0.4, 0.5) is 0 Å². The average Bonchev–Trinajstić information content (AvgIpc) is 2.68. The molecule has 0 aliphatic heterocycles. The summed E-state index contributed by atoms with van der Waals surface area (Å²) in [7, 11) is 0. The number of rotatable bonds is 8. The molecule has 1 rings (SSSR count). The summed E-state index contributed by atoms with van der Waals surface area (Å²) in [5.41, 5.74) is 0. The number of nitrogens with zero attached hydrogens (tertiary/aromatic N) is 2. The van der Waals surface area contributed by atoms with Crippen molar-refractivity contribution in [3.8, 4) is 0 Å². The van der Waals surface area contributed by atoms with Crippen molar-refractivity contribution >= 4 is 0 Å². The van der Waals surface area contributed by atoms with Crippen molar-refractivity contribution in [3.05, 3.63) is 12.2 Å². The Morgan fingerprint density at radius 1 is 1.47 bits per heavy atom. The van der Waals surface area contributed by atoms with Crippen molar-refractivity contribution < 1.29 is 9.26 Å². The molecule has 1 aromatic rings. The van der Waals surface area contributed by atoms with Crippen LogP contribution in [0.3, 0.4) is 0 Å². The van der Waals surface area contributed by atoms with Gasteiger partial charge in [0.05, 0.1) is 6.61 Å². The summed E-state index contributed by atoms with van der Waals surface area (Å²) in [6.45, 7) is 7.56. The molecule has 1 aromatic heterocycles. The normalized spacial score (nSPS) is 11.1. The molecule has 0 unspecified atom stereocenters. The zero-order valence-corrected chi connectivity index (χ0v) is 9.40. The van der Waals surface area contributed by atoms with Crippen LogP contribution in [0.15, 0.2) is 10.9 Å². The van der Waals surface area contributed by atoms with Crippen LogP contribution in [-0.2, 0) is 11.2 Å². The van der Waals surface area contributed by atoms with Crippen LogP contribution in [0.25, 0.3) is 0 Å². The van der Waals surface area contributed by atoms with E-state index in [1.54, 1.807) is 0 Å². The molecule has 0 atom stereocenters. The molecule has 1 N–H and O–H groups in total. The maximum atomic E-state index is 5.42. The molecule has 5 nitrogen and oxygen atoms in total. The van der Waals surface area contributed by atoms with Crippen molar-refractivity contribution in [2.45, 2.75) is 20.3 Å². The summed E-state index contributed by atoms with van der Waals surface area (Å²) < 4.78 is 10.3. The maximum Gasteiger partial charge on any atom is 0.227 e. The van der Waals surface area contributed by atoms with Crippen LogP contribution in [0.1, 0.15) is 19.7 Å². The van der Waals surface area contributed by atoms with E-state index in [2.05, 4.69) is 29.3 Å². The van der Waals surface area contributed by atoms with Crippen molar-refractivity contribution in [3.63, 3.8) is 0 Å². The Morgan fingerprint density at radius 3 is 3.00 bits per heavy atom. The van der Waals surface area contributed by atoms with Crippen LogP contribution < -0.4 is 5.32 Å². The lowest BCUT2D eigenvalue weighted by Crippen LogP contribution is -2.23. The van der Waals surface area contributed by atoms with Crippen LogP contribution in [0.2, 0.25) is 0 Å². The molecule has 0 saturated heterocycles. The van der Waals surface area contributed by atoms with E-state index in [1.807, 2.05) is 0 Å². The number of hydrogen-bond donors (Lipinski definition) is 1. The van der Waals surface area contributed by atoms with Gasteiger partial charge < -0.3 is 14.6 Å². The van der Waals surface area contributed by atoms with Gasteiger partial charge in [0.15, 0.2) is 6.33 Å². The smallest absolute Gasteiger partial charge is 0.227 e. The van der Waals surface area contributed by atoms with Crippen LogP contribution in [0.5, 0.6) is 0 Å². The average molecular weight is 213 g/mol. The van der Waals surface area contributed by atoms with Gasteiger partial charge in [0, 0.05) is 26.1 Å². The SMILES string of the molecule is CC(C)COCCNCCc1ncno1. The van der Waals surface area contributed by atoms with E-state index in [-0.39, 0.29) is 0 Å². The van der Waals surface area contributed by atoms with Crippen LogP contribution >= 0.6 is 0 Å². The molecule has 0 aliphatic carbocycles. The fraction of sp³-hybridized carbons (Fsp3) is 0.800. The minimum absolute atomic E-state index is 0.600. The molecule has 0 aliphatic rings. The number of nitrogens with one attached hydrogen (secondary N) is 1. The summed E-state index contributed by atoms with van der Waals surface area (Å²) >= 11 is 0. The lowest BCUT2D eigenvalue weighted by molar-refractivity contribution is 0.112. The first-order valence-corrected chi connectivity index (χ1v) is 5.33. The minimum Gasteiger partial charge on any atom is -0.380 e. The molecule has 1 heterocycles. The highest BCUT2D eigenvalue weighted by Gasteiger charge is 1.97. The largest absolute Gasteiger partial charge is 0.380 e. The summed E-state index contributed by atoms with van der Waals surface area (Å²) in [6, 6.07) is 0. The highest BCUT2D eigenvalue weighted by molar-refractivity contribution is 4.74. The van der Waals surface area contributed by atoms with E-state index in [9.17, 15) is 0 Å². The molecule has 0 aromatic carbocycles. The first-order valence-electron chi connectivity index (χ1n) is 5.33. The Morgan fingerprint density at radius 2 is 2.33 bits per heavy atom. The van der Waals surface area contributed by atoms with Gasteiger partial charge in [-0.3, -0.25) is 0 Å². The van der Waals surface area contributed by atoms with Crippen LogP contribution in [-0.4, -0.2) is 36.4 Å². The third-order valence-electron chi connectivity index (χ3n) is 1.80. The Kier molecular flexibility index (Phi) is 5.96. The highest BCUT2D eigenvalue weighted by atomic mass is 16.5. The monoisotopic (exact) mass is 213 g/mol. The van der Waals surface area contributed by atoms with Gasteiger partial charge in [-0.2, -0.15) is 4.98 Å². The Hall–Kier alpha value is -0.940. The van der Waals surface area contributed by atoms with Gasteiger partial charge in [0.1, 0.15) is 0 Å². The first kappa shape index (κ1) is 12.1. The topological polar surface area (TPSA) is 60.2 Å². The molecular weight excluding hydrogens is 194 g/mol. The Labute approximate surface area is 90.2 Å². The van der Waals surface area contributed by atoms with Crippen molar-refractivity contribution in [2.75, 3.05) is 26.3 Å². The third kappa shape index (κ3) is 6.19. The Balaban J connectivity index is 1.85. The zero-order chi connectivity index (χ0) is 10.9. The molecule has 0 saturated carbocycles. The standard InChI is InChI=1S/C10H19N3O2/c1-9(2)7-14-6-5-11-4-3-10-12-8-13-15-10/h8-9,11H,3-7H2,1-2H3. The van der Waals surface area contributed by atoms with Gasteiger partial charge >= 0.3 is 0 Å². The van der Waals surface area contributed by atoms with Crippen LogP contribution in [0, 0.1) is 5.92 Å². The second kappa shape index (κ2) is 7.36. The van der Waals surface area contributed by atoms with E-state index in [0.717, 1.165) is 32.7 Å². The number of hydrogen-bond acceptors (Lipinski definition) is 5. The van der Waals surface area contributed by atoms with E-state index in [4.69, 9.17) is 9.26 Å².